The van der Waals surface area contributed by atoms with Crippen LogP contribution in [0.5, 0.6) is 5.75 Å². The molecule has 0 radical (unpaired) electrons. The Morgan fingerprint density at radius 2 is 2.07 bits per heavy atom. The van der Waals surface area contributed by atoms with Crippen LogP contribution in [-0.4, -0.2) is 22.1 Å². The Morgan fingerprint density at radius 1 is 1.29 bits per heavy atom. The van der Waals surface area contributed by atoms with Crippen LogP contribution < -0.4 is 10.3 Å². The van der Waals surface area contributed by atoms with Crippen molar-refractivity contribution >= 4 is 28.5 Å². The Hall–Kier alpha value is -3.37. The monoisotopic (exact) mass is 397 g/mol. The van der Waals surface area contributed by atoms with Crippen molar-refractivity contribution in [3.05, 3.63) is 69.2 Å². The van der Waals surface area contributed by atoms with E-state index >= 15 is 0 Å². The summed E-state index contributed by atoms with van der Waals surface area (Å²) in [5.41, 5.74) is 1.05. The molecule has 0 spiro atoms. The van der Waals surface area contributed by atoms with E-state index in [1.807, 2.05) is 19.1 Å². The van der Waals surface area contributed by atoms with Crippen LogP contribution in [0.4, 0.5) is 0 Å². The van der Waals surface area contributed by atoms with Gasteiger partial charge < -0.3 is 9.47 Å². The third kappa shape index (κ3) is 4.30. The second kappa shape index (κ2) is 8.55. The van der Waals surface area contributed by atoms with Crippen LogP contribution in [0.2, 0.25) is 5.02 Å². The van der Waals surface area contributed by atoms with E-state index in [0.717, 1.165) is 5.56 Å². The maximum Gasteiger partial charge on any atom is 0.344 e. The zero-order valence-electron chi connectivity index (χ0n) is 15.0. The number of ether oxygens (including phenoxy) is 2. The lowest BCUT2D eigenvalue weighted by molar-refractivity contribution is -0.147. The molecule has 0 aliphatic heterocycles. The van der Waals surface area contributed by atoms with E-state index in [1.54, 1.807) is 36.4 Å². The fourth-order valence-corrected chi connectivity index (χ4v) is 2.77. The Labute approximate surface area is 165 Å². The summed E-state index contributed by atoms with van der Waals surface area (Å²) in [4.78, 5) is 28.9. The average molecular weight is 398 g/mol. The fraction of sp³-hybridized carbons (Fsp3) is 0.200. The van der Waals surface area contributed by atoms with Crippen molar-refractivity contribution in [2.75, 3.05) is 6.61 Å². The van der Waals surface area contributed by atoms with Crippen molar-refractivity contribution in [1.29, 1.82) is 5.26 Å². The van der Waals surface area contributed by atoms with Crippen molar-refractivity contribution in [2.45, 2.75) is 20.1 Å². The second-order valence-electron chi connectivity index (χ2n) is 5.98. The summed E-state index contributed by atoms with van der Waals surface area (Å²) < 4.78 is 11.8. The molecule has 0 fully saturated rings. The highest BCUT2D eigenvalue weighted by molar-refractivity contribution is 6.32. The molecule has 3 rings (SSSR count). The Balaban J connectivity index is 1.73. The maximum atomic E-state index is 12.6. The van der Waals surface area contributed by atoms with Gasteiger partial charge in [-0.15, -0.1) is 0 Å². The van der Waals surface area contributed by atoms with Gasteiger partial charge in [-0.2, -0.15) is 5.26 Å². The lowest BCUT2D eigenvalue weighted by atomic mass is 10.2. The SMILES string of the molecule is Cc1ccc(Cl)c(OCC(=O)OCc2nc3ccccc3c(=O)n2CC#N)c1. The number of aromatic nitrogens is 2. The minimum Gasteiger partial charge on any atom is -0.480 e. The van der Waals surface area contributed by atoms with E-state index < -0.39 is 5.97 Å². The van der Waals surface area contributed by atoms with Gasteiger partial charge in [0, 0.05) is 0 Å². The molecule has 2 aromatic carbocycles. The molecule has 0 saturated heterocycles. The van der Waals surface area contributed by atoms with Crippen LogP contribution >= 0.6 is 11.6 Å². The summed E-state index contributed by atoms with van der Waals surface area (Å²) in [6.07, 6.45) is 0. The highest BCUT2D eigenvalue weighted by Crippen LogP contribution is 2.25. The third-order valence-electron chi connectivity index (χ3n) is 3.96. The van der Waals surface area contributed by atoms with Gasteiger partial charge >= 0.3 is 5.97 Å². The van der Waals surface area contributed by atoms with Crippen LogP contribution in [0.25, 0.3) is 10.9 Å². The number of nitriles is 1. The van der Waals surface area contributed by atoms with Crippen molar-refractivity contribution in [3.63, 3.8) is 0 Å². The molecule has 0 N–H and O–H groups in total. The Morgan fingerprint density at radius 3 is 2.86 bits per heavy atom. The molecule has 3 aromatic rings. The number of halogens is 1. The van der Waals surface area contributed by atoms with Gasteiger partial charge in [-0.1, -0.05) is 29.8 Å². The van der Waals surface area contributed by atoms with Crippen LogP contribution in [0.15, 0.2) is 47.3 Å². The van der Waals surface area contributed by atoms with Crippen molar-refractivity contribution in [3.8, 4) is 11.8 Å². The quantitative estimate of drug-likeness (QED) is 0.593. The van der Waals surface area contributed by atoms with E-state index in [1.165, 1.54) is 4.57 Å². The first-order valence-electron chi connectivity index (χ1n) is 8.39. The molecule has 0 atom stereocenters. The van der Waals surface area contributed by atoms with Crippen LogP contribution in [0.3, 0.4) is 0 Å². The standard InChI is InChI=1S/C20H16ClN3O4/c1-13-6-7-15(21)17(10-13)27-12-19(25)28-11-18-23-16-5-3-2-4-14(16)20(26)24(18)9-8-22/h2-7,10H,9,11-12H2,1H3. The number of nitrogens with zero attached hydrogens (tertiary/aromatic N) is 3. The number of fused-ring (bicyclic) bond motifs is 1. The zero-order chi connectivity index (χ0) is 20.1. The van der Waals surface area contributed by atoms with Crippen molar-refractivity contribution in [2.24, 2.45) is 0 Å². The topological polar surface area (TPSA) is 94.2 Å². The van der Waals surface area contributed by atoms with Gasteiger partial charge in [-0.3, -0.25) is 9.36 Å². The van der Waals surface area contributed by atoms with Gasteiger partial charge in [0.05, 0.1) is 22.0 Å². The number of rotatable bonds is 6. The molecule has 0 saturated carbocycles. The minimum atomic E-state index is -0.650. The van der Waals surface area contributed by atoms with E-state index in [-0.39, 0.29) is 31.1 Å². The third-order valence-corrected chi connectivity index (χ3v) is 4.28. The molecule has 0 amide bonds. The molecule has 0 aliphatic rings. The number of para-hydroxylation sites is 1. The van der Waals surface area contributed by atoms with Crippen LogP contribution in [0.1, 0.15) is 11.4 Å². The molecule has 1 aromatic heterocycles. The summed E-state index contributed by atoms with van der Waals surface area (Å²) in [6, 6.07) is 13.9. The zero-order valence-corrected chi connectivity index (χ0v) is 15.8. The van der Waals surface area contributed by atoms with Crippen molar-refractivity contribution in [1.82, 2.24) is 9.55 Å². The molecular weight excluding hydrogens is 382 g/mol. The van der Waals surface area contributed by atoms with Gasteiger partial charge in [0.25, 0.3) is 5.56 Å². The number of benzene rings is 2. The van der Waals surface area contributed by atoms with E-state index in [4.69, 9.17) is 26.3 Å². The van der Waals surface area contributed by atoms with Gasteiger partial charge in [-0.25, -0.2) is 9.78 Å². The van der Waals surface area contributed by atoms with E-state index in [0.29, 0.717) is 21.7 Å². The molecule has 0 unspecified atom stereocenters. The number of esters is 1. The number of aryl methyl sites for hydroxylation is 1. The van der Waals surface area contributed by atoms with E-state index in [9.17, 15) is 9.59 Å². The summed E-state index contributed by atoms with van der Waals surface area (Å²) >= 11 is 6.03. The number of hydrogen-bond acceptors (Lipinski definition) is 6. The van der Waals surface area contributed by atoms with Gasteiger partial charge in [-0.05, 0) is 36.8 Å². The molecule has 28 heavy (non-hydrogen) atoms. The maximum absolute atomic E-state index is 12.6. The lowest BCUT2D eigenvalue weighted by Crippen LogP contribution is -2.26. The highest BCUT2D eigenvalue weighted by Gasteiger charge is 2.13. The number of hydrogen-bond donors (Lipinski definition) is 0. The molecular formula is C20H16ClN3O4. The molecule has 1 heterocycles. The van der Waals surface area contributed by atoms with E-state index in [2.05, 4.69) is 4.98 Å². The van der Waals surface area contributed by atoms with Crippen molar-refractivity contribution < 1.29 is 14.3 Å². The van der Waals surface area contributed by atoms with Crippen LogP contribution in [-0.2, 0) is 22.7 Å². The first-order valence-corrected chi connectivity index (χ1v) is 8.77. The predicted molar refractivity (Wildman–Crippen MR) is 103 cm³/mol. The average Bonchev–Trinajstić information content (AvgIpc) is 2.69. The highest BCUT2D eigenvalue weighted by atomic mass is 35.5. The fourth-order valence-electron chi connectivity index (χ4n) is 2.60. The smallest absolute Gasteiger partial charge is 0.344 e. The molecule has 0 bridgehead atoms. The second-order valence-corrected chi connectivity index (χ2v) is 6.39. The molecule has 7 nitrogen and oxygen atoms in total. The largest absolute Gasteiger partial charge is 0.480 e. The number of carbonyl (C=O) groups excluding carboxylic acids is 1. The first-order chi connectivity index (χ1) is 13.5. The first kappa shape index (κ1) is 19.4. The normalized spacial score (nSPS) is 10.5. The summed E-state index contributed by atoms with van der Waals surface area (Å²) in [5, 5.41) is 9.78. The minimum absolute atomic E-state index is 0.187. The molecule has 8 heteroatoms. The van der Waals surface area contributed by atoms with Gasteiger partial charge in [0.1, 0.15) is 18.9 Å². The van der Waals surface area contributed by atoms with Gasteiger partial charge in [0.2, 0.25) is 0 Å². The molecule has 0 aliphatic carbocycles. The van der Waals surface area contributed by atoms with Crippen LogP contribution in [0, 0.1) is 18.3 Å². The Kier molecular flexibility index (Phi) is 5.92. The summed E-state index contributed by atoms with van der Waals surface area (Å²) in [6.45, 7) is 1.07. The molecule has 142 valence electrons. The summed E-state index contributed by atoms with van der Waals surface area (Å²) in [5.74, 6) is -0.0838. The Bertz CT molecular complexity index is 1130. The predicted octanol–water partition coefficient (Wildman–Crippen LogP) is 3.00. The van der Waals surface area contributed by atoms with Gasteiger partial charge in [0.15, 0.2) is 12.4 Å². The number of carbonyl (C=O) groups is 1. The summed E-state index contributed by atoms with van der Waals surface area (Å²) in [7, 11) is 0. The lowest BCUT2D eigenvalue weighted by Gasteiger charge is -2.12.